The Morgan fingerprint density at radius 1 is 0.964 bits per heavy atom. The molecule has 0 amide bonds. The lowest BCUT2D eigenvalue weighted by atomic mass is 9.89. The van der Waals surface area contributed by atoms with Gasteiger partial charge < -0.3 is 4.74 Å². The van der Waals surface area contributed by atoms with Crippen molar-refractivity contribution in [2.75, 3.05) is 13.1 Å². The van der Waals surface area contributed by atoms with Gasteiger partial charge in [-0.15, -0.1) is 0 Å². The summed E-state index contributed by atoms with van der Waals surface area (Å²) in [5.41, 5.74) is -0.382. The average molecular weight is 422 g/mol. The number of nitrogens with zero attached hydrogens (tertiary/aromatic N) is 1. The van der Waals surface area contributed by atoms with Crippen molar-refractivity contribution < 1.29 is 26.4 Å². The summed E-state index contributed by atoms with van der Waals surface area (Å²) < 4.78 is 55.9. The first kappa shape index (κ1) is 19.1. The van der Waals surface area contributed by atoms with E-state index in [1.807, 2.05) is 0 Å². The number of carbonyl (C=O) groups excluding carboxylic acids is 1. The second kappa shape index (κ2) is 6.38. The zero-order valence-corrected chi connectivity index (χ0v) is 16.4. The zero-order valence-electron chi connectivity index (χ0n) is 14.7. The molecule has 2 aromatic rings. The van der Waals surface area contributed by atoms with Crippen LogP contribution in [0.25, 0.3) is 0 Å². The monoisotopic (exact) mass is 422 g/mol. The maximum Gasteiger partial charge on any atom is 0.243 e. The molecule has 2 N–H and O–H groups in total. The molecule has 0 aromatic heterocycles. The molecule has 8 nitrogen and oxygen atoms in total. The van der Waals surface area contributed by atoms with E-state index in [4.69, 9.17) is 9.88 Å². The van der Waals surface area contributed by atoms with Crippen LogP contribution in [0.2, 0.25) is 0 Å². The molecule has 1 atom stereocenters. The summed E-state index contributed by atoms with van der Waals surface area (Å²) in [4.78, 5) is 12.3. The van der Waals surface area contributed by atoms with E-state index in [1.165, 1.54) is 16.4 Å². The van der Waals surface area contributed by atoms with Crippen LogP contribution in [0.5, 0.6) is 5.75 Å². The van der Waals surface area contributed by atoms with Crippen LogP contribution < -0.4 is 9.88 Å². The largest absolute Gasteiger partial charge is 0.485 e. The SMILES string of the molecule is NS(=O)(=O)c1ccc(S(=O)(=O)N2CCC3(CC(=O)c4ccccc4O3)C2)cc1. The van der Waals surface area contributed by atoms with E-state index in [2.05, 4.69) is 0 Å². The van der Waals surface area contributed by atoms with Crippen molar-refractivity contribution in [2.24, 2.45) is 5.14 Å². The molecule has 2 aliphatic heterocycles. The molecule has 10 heteroatoms. The van der Waals surface area contributed by atoms with Gasteiger partial charge in [-0.25, -0.2) is 22.0 Å². The van der Waals surface area contributed by atoms with Crippen LogP contribution in [0.3, 0.4) is 0 Å². The van der Waals surface area contributed by atoms with Gasteiger partial charge in [0.1, 0.15) is 11.4 Å². The molecule has 2 aromatic carbocycles. The molecule has 0 radical (unpaired) electrons. The fourth-order valence-corrected chi connectivity index (χ4v) is 5.66. The highest BCUT2D eigenvalue weighted by molar-refractivity contribution is 7.89. The smallest absolute Gasteiger partial charge is 0.243 e. The minimum atomic E-state index is -3.91. The summed E-state index contributed by atoms with van der Waals surface area (Å²) in [5, 5.41) is 5.05. The van der Waals surface area contributed by atoms with Crippen molar-refractivity contribution in [2.45, 2.75) is 28.2 Å². The molecule has 0 aliphatic carbocycles. The van der Waals surface area contributed by atoms with Crippen molar-refractivity contribution in [1.82, 2.24) is 4.31 Å². The van der Waals surface area contributed by atoms with Gasteiger partial charge in [-0.3, -0.25) is 4.79 Å². The van der Waals surface area contributed by atoms with Crippen LogP contribution in [0.4, 0.5) is 0 Å². The maximum atomic E-state index is 13.0. The minimum absolute atomic E-state index is 0.0421. The molecule has 1 fully saturated rings. The molecule has 148 valence electrons. The Morgan fingerprint density at radius 3 is 2.29 bits per heavy atom. The van der Waals surface area contributed by atoms with E-state index in [0.29, 0.717) is 17.7 Å². The first-order chi connectivity index (χ1) is 13.1. The number of rotatable bonds is 3. The predicted octanol–water partition coefficient (Wildman–Crippen LogP) is 1.13. The molecule has 0 bridgehead atoms. The Morgan fingerprint density at radius 2 is 1.61 bits per heavy atom. The Kier molecular flexibility index (Phi) is 4.34. The predicted molar refractivity (Wildman–Crippen MR) is 99.9 cm³/mol. The van der Waals surface area contributed by atoms with E-state index >= 15 is 0 Å². The number of ketones is 1. The van der Waals surface area contributed by atoms with Crippen LogP contribution in [0, 0.1) is 0 Å². The van der Waals surface area contributed by atoms with Gasteiger partial charge in [-0.05, 0) is 36.4 Å². The second-order valence-corrected chi connectivity index (χ2v) is 10.5. The van der Waals surface area contributed by atoms with E-state index in [-0.39, 0.29) is 35.1 Å². The number of para-hydroxylation sites is 1. The molecular weight excluding hydrogens is 404 g/mol. The van der Waals surface area contributed by atoms with Gasteiger partial charge in [0.2, 0.25) is 20.0 Å². The lowest BCUT2D eigenvalue weighted by Crippen LogP contribution is -2.45. The Balaban J connectivity index is 1.59. The average Bonchev–Trinajstić information content (AvgIpc) is 3.05. The molecule has 1 saturated heterocycles. The maximum absolute atomic E-state index is 13.0. The lowest BCUT2D eigenvalue weighted by molar-refractivity contribution is 0.0498. The molecule has 0 saturated carbocycles. The van der Waals surface area contributed by atoms with Gasteiger partial charge in [-0.2, -0.15) is 4.31 Å². The van der Waals surface area contributed by atoms with Gasteiger partial charge in [0.25, 0.3) is 0 Å². The van der Waals surface area contributed by atoms with E-state index in [9.17, 15) is 21.6 Å². The van der Waals surface area contributed by atoms with Crippen molar-refractivity contribution in [3.63, 3.8) is 0 Å². The Hall–Kier alpha value is -2.27. The van der Waals surface area contributed by atoms with Crippen molar-refractivity contribution >= 4 is 25.8 Å². The number of Topliss-reactive ketones (excluding diaryl/α,β-unsaturated/α-hetero) is 1. The highest BCUT2D eigenvalue weighted by Gasteiger charge is 2.48. The summed E-state index contributed by atoms with van der Waals surface area (Å²) in [7, 11) is -7.77. The molecule has 1 spiro atoms. The van der Waals surface area contributed by atoms with Crippen molar-refractivity contribution in [1.29, 1.82) is 0 Å². The van der Waals surface area contributed by atoms with E-state index < -0.39 is 25.6 Å². The van der Waals surface area contributed by atoms with Gasteiger partial charge in [0, 0.05) is 13.0 Å². The number of primary sulfonamides is 1. The van der Waals surface area contributed by atoms with Crippen LogP contribution in [0.1, 0.15) is 23.2 Å². The van der Waals surface area contributed by atoms with Crippen LogP contribution in [-0.4, -0.2) is 45.6 Å². The Labute approximate surface area is 163 Å². The molecule has 1 unspecified atom stereocenters. The fourth-order valence-electron chi connectivity index (χ4n) is 3.63. The minimum Gasteiger partial charge on any atom is -0.485 e. The molecular formula is C18H18N2O6S2. The summed E-state index contributed by atoms with van der Waals surface area (Å²) in [6.07, 6.45) is 0.502. The number of nitrogens with two attached hydrogens (primary N) is 1. The molecule has 4 rings (SSSR count). The number of carbonyl (C=O) groups is 1. The van der Waals surface area contributed by atoms with Crippen molar-refractivity contribution in [3.8, 4) is 5.75 Å². The number of sulfonamides is 2. The van der Waals surface area contributed by atoms with E-state index in [0.717, 1.165) is 12.1 Å². The number of hydrogen-bond acceptors (Lipinski definition) is 6. The molecule has 2 aliphatic rings. The third-order valence-electron chi connectivity index (χ3n) is 5.07. The summed E-state index contributed by atoms with van der Waals surface area (Å²) >= 11 is 0. The van der Waals surface area contributed by atoms with Crippen LogP contribution >= 0.6 is 0 Å². The van der Waals surface area contributed by atoms with Gasteiger partial charge in [0.05, 0.1) is 28.3 Å². The number of ether oxygens (including phenoxy) is 1. The fraction of sp³-hybridized carbons (Fsp3) is 0.278. The highest BCUT2D eigenvalue weighted by Crippen LogP contribution is 2.40. The van der Waals surface area contributed by atoms with Crippen LogP contribution in [0.15, 0.2) is 58.3 Å². The topological polar surface area (TPSA) is 124 Å². The first-order valence-corrected chi connectivity index (χ1v) is 11.5. The highest BCUT2D eigenvalue weighted by atomic mass is 32.2. The third-order valence-corrected chi connectivity index (χ3v) is 7.86. The molecule has 28 heavy (non-hydrogen) atoms. The number of fused-ring (bicyclic) bond motifs is 1. The van der Waals surface area contributed by atoms with Crippen LogP contribution in [-0.2, 0) is 20.0 Å². The Bertz CT molecular complexity index is 1160. The van der Waals surface area contributed by atoms with E-state index in [1.54, 1.807) is 24.3 Å². The van der Waals surface area contributed by atoms with Gasteiger partial charge in [0.15, 0.2) is 5.78 Å². The third kappa shape index (κ3) is 3.22. The summed E-state index contributed by atoms with van der Waals surface area (Å²) in [6.45, 7) is 0.251. The quantitative estimate of drug-likeness (QED) is 0.791. The second-order valence-electron chi connectivity index (χ2n) is 6.99. The van der Waals surface area contributed by atoms with Gasteiger partial charge >= 0.3 is 0 Å². The normalized spacial score (nSPS) is 22.8. The number of hydrogen-bond donors (Lipinski definition) is 1. The van der Waals surface area contributed by atoms with Gasteiger partial charge in [-0.1, -0.05) is 12.1 Å². The summed E-state index contributed by atoms with van der Waals surface area (Å²) in [6, 6.07) is 11.7. The lowest BCUT2D eigenvalue weighted by Gasteiger charge is -2.34. The first-order valence-electron chi connectivity index (χ1n) is 8.55. The molecule has 2 heterocycles. The zero-order chi connectivity index (χ0) is 20.2. The number of benzene rings is 2. The standard InChI is InChI=1S/C18H18N2O6S2/c19-27(22,23)13-5-7-14(8-6-13)28(24,25)20-10-9-18(12-20)11-16(21)15-3-1-2-4-17(15)26-18/h1-8H,9-12H2,(H2,19,22,23). The van der Waals surface area contributed by atoms with Crippen molar-refractivity contribution in [3.05, 3.63) is 54.1 Å². The summed E-state index contributed by atoms with van der Waals surface area (Å²) in [5.74, 6) is 0.397.